The van der Waals surface area contributed by atoms with Crippen LogP contribution in [0, 0.1) is 11.3 Å². The molecular weight excluding hydrogens is 252 g/mol. The third kappa shape index (κ3) is 1.95. The van der Waals surface area contributed by atoms with Gasteiger partial charge < -0.3 is 4.57 Å². The summed E-state index contributed by atoms with van der Waals surface area (Å²) in [5.41, 5.74) is 2.73. The molecule has 0 radical (unpaired) electrons. The van der Waals surface area contributed by atoms with Crippen LogP contribution in [0.5, 0.6) is 0 Å². The van der Waals surface area contributed by atoms with Crippen molar-refractivity contribution in [3.63, 3.8) is 0 Å². The highest BCUT2D eigenvalue weighted by atomic mass is 79.9. The number of aryl methyl sites for hydroxylation is 1. The third-order valence-electron chi connectivity index (χ3n) is 2.21. The minimum Gasteiger partial charge on any atom is -0.355 e. The molecule has 2 rings (SSSR count). The Bertz CT molecular complexity index is 535. The number of aromatic nitrogens is 1. The molecule has 0 N–H and O–H groups in total. The smallest absolute Gasteiger partial charge is 0.101 e. The second kappa shape index (κ2) is 3.92. The van der Waals surface area contributed by atoms with Gasteiger partial charge in [0, 0.05) is 29.5 Å². The summed E-state index contributed by atoms with van der Waals surface area (Å²) >= 11 is 3.42. The van der Waals surface area contributed by atoms with Crippen LogP contribution in [0.3, 0.4) is 0 Å². The van der Waals surface area contributed by atoms with Crippen LogP contribution >= 0.6 is 15.9 Å². The first-order chi connectivity index (χ1) is 7.20. The van der Waals surface area contributed by atoms with E-state index in [-0.39, 0.29) is 0 Å². The van der Waals surface area contributed by atoms with Crippen LogP contribution in [0.15, 0.2) is 41.1 Å². The van der Waals surface area contributed by atoms with Crippen molar-refractivity contribution in [2.24, 2.45) is 7.05 Å². The van der Waals surface area contributed by atoms with Gasteiger partial charge in [0.25, 0.3) is 0 Å². The van der Waals surface area contributed by atoms with Crippen molar-refractivity contribution in [2.75, 3.05) is 0 Å². The van der Waals surface area contributed by atoms with Crippen LogP contribution in [0.25, 0.3) is 11.1 Å². The van der Waals surface area contributed by atoms with E-state index >= 15 is 0 Å². The Labute approximate surface area is 96.9 Å². The topological polar surface area (TPSA) is 28.7 Å². The summed E-state index contributed by atoms with van der Waals surface area (Å²) in [5, 5.41) is 8.99. The Morgan fingerprint density at radius 2 is 2.13 bits per heavy atom. The fraction of sp³-hybridized carbons (Fsp3) is 0.0833. The average Bonchev–Trinajstić information content (AvgIpc) is 2.59. The maximum absolute atomic E-state index is 8.99. The summed E-state index contributed by atoms with van der Waals surface area (Å²) in [4.78, 5) is 0. The Hall–Kier alpha value is -1.53. The monoisotopic (exact) mass is 260 g/mol. The van der Waals surface area contributed by atoms with E-state index in [0.717, 1.165) is 15.6 Å². The van der Waals surface area contributed by atoms with Gasteiger partial charge in [-0.3, -0.25) is 0 Å². The molecule has 2 aromatic rings. The fourth-order valence-corrected chi connectivity index (χ4v) is 1.96. The van der Waals surface area contributed by atoms with Crippen molar-refractivity contribution in [1.82, 2.24) is 4.57 Å². The summed E-state index contributed by atoms with van der Waals surface area (Å²) in [7, 11) is 1.92. The number of benzene rings is 1. The first-order valence-electron chi connectivity index (χ1n) is 4.52. The standard InChI is InChI=1S/C12H9BrN2/c1-15-7-10(6-14)12(8-15)9-3-2-4-11(13)5-9/h2-5,7-8H,1H3. The molecule has 1 heterocycles. The zero-order valence-corrected chi connectivity index (χ0v) is 9.82. The molecule has 2 nitrogen and oxygen atoms in total. The molecule has 0 aliphatic rings. The quantitative estimate of drug-likeness (QED) is 0.774. The van der Waals surface area contributed by atoms with Crippen molar-refractivity contribution < 1.29 is 0 Å². The largest absolute Gasteiger partial charge is 0.355 e. The summed E-state index contributed by atoms with van der Waals surface area (Å²) in [6, 6.07) is 10.1. The zero-order chi connectivity index (χ0) is 10.8. The van der Waals surface area contributed by atoms with Crippen molar-refractivity contribution in [2.45, 2.75) is 0 Å². The van der Waals surface area contributed by atoms with Crippen LogP contribution in [-0.2, 0) is 7.05 Å². The highest BCUT2D eigenvalue weighted by molar-refractivity contribution is 9.10. The Morgan fingerprint density at radius 3 is 2.80 bits per heavy atom. The second-order valence-electron chi connectivity index (χ2n) is 3.37. The van der Waals surface area contributed by atoms with E-state index in [4.69, 9.17) is 5.26 Å². The average molecular weight is 261 g/mol. The molecule has 0 aliphatic heterocycles. The van der Waals surface area contributed by atoms with Gasteiger partial charge >= 0.3 is 0 Å². The van der Waals surface area contributed by atoms with Crippen LogP contribution < -0.4 is 0 Å². The molecule has 0 bridgehead atoms. The van der Waals surface area contributed by atoms with Gasteiger partial charge in [-0.15, -0.1) is 0 Å². The summed E-state index contributed by atoms with van der Waals surface area (Å²) in [5.74, 6) is 0. The minimum absolute atomic E-state index is 0.704. The Balaban J connectivity index is 2.59. The maximum atomic E-state index is 8.99. The van der Waals surface area contributed by atoms with Crippen molar-refractivity contribution in [3.8, 4) is 17.2 Å². The first-order valence-corrected chi connectivity index (χ1v) is 5.32. The molecule has 0 amide bonds. The van der Waals surface area contributed by atoms with Crippen LogP contribution in [-0.4, -0.2) is 4.57 Å². The maximum Gasteiger partial charge on any atom is 0.101 e. The summed E-state index contributed by atoms with van der Waals surface area (Å²) in [6.45, 7) is 0. The van der Waals surface area contributed by atoms with Gasteiger partial charge in [0.15, 0.2) is 0 Å². The predicted octanol–water partition coefficient (Wildman–Crippen LogP) is 3.33. The van der Waals surface area contributed by atoms with Gasteiger partial charge in [0.05, 0.1) is 5.56 Å². The lowest BCUT2D eigenvalue weighted by molar-refractivity contribution is 0.927. The number of nitrogens with zero attached hydrogens (tertiary/aromatic N) is 2. The molecule has 0 saturated heterocycles. The van der Waals surface area contributed by atoms with E-state index in [1.54, 1.807) is 0 Å². The highest BCUT2D eigenvalue weighted by Crippen LogP contribution is 2.26. The lowest BCUT2D eigenvalue weighted by Gasteiger charge is -1.99. The Morgan fingerprint density at radius 1 is 1.33 bits per heavy atom. The number of rotatable bonds is 1. The van der Waals surface area contributed by atoms with Gasteiger partial charge in [-0.2, -0.15) is 5.26 Å². The van der Waals surface area contributed by atoms with E-state index in [1.807, 2.05) is 48.3 Å². The molecule has 0 saturated carbocycles. The van der Waals surface area contributed by atoms with Crippen LogP contribution in [0.4, 0.5) is 0 Å². The normalized spacial score (nSPS) is 9.93. The van der Waals surface area contributed by atoms with E-state index in [1.165, 1.54) is 0 Å². The van der Waals surface area contributed by atoms with Crippen LogP contribution in [0.2, 0.25) is 0 Å². The van der Waals surface area contributed by atoms with Crippen molar-refractivity contribution in [1.29, 1.82) is 5.26 Å². The molecule has 0 unspecified atom stereocenters. The third-order valence-corrected chi connectivity index (χ3v) is 2.70. The van der Waals surface area contributed by atoms with E-state index in [0.29, 0.717) is 5.56 Å². The molecule has 0 aliphatic carbocycles. The molecule has 15 heavy (non-hydrogen) atoms. The van der Waals surface area contributed by atoms with E-state index in [2.05, 4.69) is 22.0 Å². The molecule has 1 aromatic carbocycles. The molecule has 0 fully saturated rings. The van der Waals surface area contributed by atoms with E-state index < -0.39 is 0 Å². The second-order valence-corrected chi connectivity index (χ2v) is 4.29. The van der Waals surface area contributed by atoms with Crippen LogP contribution in [0.1, 0.15) is 5.56 Å². The number of halogens is 1. The fourth-order valence-electron chi connectivity index (χ4n) is 1.56. The molecular formula is C12H9BrN2. The van der Waals surface area contributed by atoms with Crippen molar-refractivity contribution >= 4 is 15.9 Å². The number of hydrogen-bond donors (Lipinski definition) is 0. The van der Waals surface area contributed by atoms with Gasteiger partial charge in [-0.25, -0.2) is 0 Å². The molecule has 74 valence electrons. The Kier molecular flexibility index (Phi) is 2.61. The number of nitriles is 1. The first kappa shape index (κ1) is 10.0. The van der Waals surface area contributed by atoms with Gasteiger partial charge in [-0.1, -0.05) is 28.1 Å². The highest BCUT2D eigenvalue weighted by Gasteiger charge is 2.07. The van der Waals surface area contributed by atoms with Gasteiger partial charge in [-0.05, 0) is 17.7 Å². The summed E-state index contributed by atoms with van der Waals surface area (Å²) in [6.07, 6.45) is 3.79. The van der Waals surface area contributed by atoms with E-state index in [9.17, 15) is 0 Å². The number of hydrogen-bond acceptors (Lipinski definition) is 1. The lowest BCUT2D eigenvalue weighted by Crippen LogP contribution is -1.78. The molecule has 3 heteroatoms. The van der Waals surface area contributed by atoms with Gasteiger partial charge in [0.2, 0.25) is 0 Å². The minimum atomic E-state index is 0.704. The molecule has 0 spiro atoms. The SMILES string of the molecule is Cn1cc(C#N)c(-c2cccc(Br)c2)c1. The molecule has 1 aromatic heterocycles. The lowest BCUT2D eigenvalue weighted by atomic mass is 10.1. The van der Waals surface area contributed by atoms with Crippen molar-refractivity contribution in [3.05, 3.63) is 46.7 Å². The molecule has 0 atom stereocenters. The predicted molar refractivity (Wildman–Crippen MR) is 63.3 cm³/mol. The zero-order valence-electron chi connectivity index (χ0n) is 8.24. The summed E-state index contributed by atoms with van der Waals surface area (Å²) < 4.78 is 2.92. The van der Waals surface area contributed by atoms with Gasteiger partial charge in [0.1, 0.15) is 6.07 Å².